The van der Waals surface area contributed by atoms with Crippen molar-refractivity contribution in [1.82, 2.24) is 9.62 Å². The highest BCUT2D eigenvalue weighted by Crippen LogP contribution is 2.20. The molecule has 2 aromatic carbocycles. The minimum atomic E-state index is -3.66. The third-order valence-corrected chi connectivity index (χ3v) is 6.64. The van der Waals surface area contributed by atoms with Crippen molar-refractivity contribution in [2.75, 3.05) is 19.7 Å². The van der Waals surface area contributed by atoms with Crippen LogP contribution in [0.25, 0.3) is 0 Å². The lowest BCUT2D eigenvalue weighted by atomic mass is 10.1. The third kappa shape index (κ3) is 6.05. The van der Waals surface area contributed by atoms with E-state index >= 15 is 0 Å². The number of hydrogen-bond donors (Lipinski definition) is 1. The van der Waals surface area contributed by atoms with Gasteiger partial charge in [-0.2, -0.15) is 0 Å². The first kappa shape index (κ1) is 21.3. The predicted molar refractivity (Wildman–Crippen MR) is 112 cm³/mol. The van der Waals surface area contributed by atoms with Gasteiger partial charge in [-0.25, -0.2) is 13.1 Å². The van der Waals surface area contributed by atoms with Crippen molar-refractivity contribution in [3.8, 4) is 5.75 Å². The van der Waals surface area contributed by atoms with Crippen molar-refractivity contribution < 1.29 is 17.9 Å². The molecule has 0 spiro atoms. The van der Waals surface area contributed by atoms with Gasteiger partial charge in [0.15, 0.2) is 6.61 Å². The molecule has 1 aliphatic heterocycles. The molecule has 1 atom stereocenters. The fraction of sp³-hybridized carbons (Fsp3) is 0.409. The second kappa shape index (κ2) is 9.89. The molecule has 3 rings (SSSR count). The summed E-state index contributed by atoms with van der Waals surface area (Å²) in [5.41, 5.74) is 0.892. The Morgan fingerprint density at radius 1 is 1.00 bits per heavy atom. The van der Waals surface area contributed by atoms with Crippen LogP contribution in [-0.2, 0) is 14.8 Å². The summed E-state index contributed by atoms with van der Waals surface area (Å²) in [7, 11) is -3.66. The van der Waals surface area contributed by atoms with Crippen LogP contribution in [0.3, 0.4) is 0 Å². The van der Waals surface area contributed by atoms with E-state index in [0.717, 1.165) is 44.3 Å². The van der Waals surface area contributed by atoms with Gasteiger partial charge in [-0.15, -0.1) is 0 Å². The molecular weight excluding hydrogens is 388 g/mol. The lowest BCUT2D eigenvalue weighted by Crippen LogP contribution is -2.35. The van der Waals surface area contributed by atoms with Gasteiger partial charge in [0, 0.05) is 19.1 Å². The zero-order valence-electron chi connectivity index (χ0n) is 16.7. The highest BCUT2D eigenvalue weighted by atomic mass is 32.2. The number of ether oxygens (including phenoxy) is 1. The molecule has 2 aromatic rings. The Labute approximate surface area is 172 Å². The number of hydrogen-bond acceptors (Lipinski definition) is 4. The first-order chi connectivity index (χ1) is 14.0. The number of sulfonamides is 1. The van der Waals surface area contributed by atoms with E-state index in [-0.39, 0.29) is 23.5 Å². The van der Waals surface area contributed by atoms with E-state index in [4.69, 9.17) is 4.74 Å². The molecule has 0 bridgehead atoms. The van der Waals surface area contributed by atoms with E-state index in [2.05, 4.69) is 4.72 Å². The van der Waals surface area contributed by atoms with Gasteiger partial charge in [0.25, 0.3) is 5.91 Å². The normalized spacial score (nSPS) is 16.1. The molecule has 156 valence electrons. The monoisotopic (exact) mass is 416 g/mol. The fourth-order valence-electron chi connectivity index (χ4n) is 3.38. The Morgan fingerprint density at radius 2 is 1.62 bits per heavy atom. The van der Waals surface area contributed by atoms with Gasteiger partial charge >= 0.3 is 0 Å². The summed E-state index contributed by atoms with van der Waals surface area (Å²) < 4.78 is 33.5. The van der Waals surface area contributed by atoms with Crippen LogP contribution in [0.5, 0.6) is 5.75 Å². The maximum Gasteiger partial charge on any atom is 0.260 e. The molecule has 29 heavy (non-hydrogen) atoms. The van der Waals surface area contributed by atoms with Gasteiger partial charge in [0.2, 0.25) is 10.0 Å². The van der Waals surface area contributed by atoms with E-state index < -0.39 is 10.0 Å². The smallest absolute Gasteiger partial charge is 0.260 e. The summed E-state index contributed by atoms with van der Waals surface area (Å²) in [5, 5.41) is 0. The van der Waals surface area contributed by atoms with Crippen LogP contribution in [0.2, 0.25) is 0 Å². The zero-order valence-corrected chi connectivity index (χ0v) is 17.5. The topological polar surface area (TPSA) is 75.7 Å². The van der Waals surface area contributed by atoms with Gasteiger partial charge in [-0.1, -0.05) is 43.2 Å². The molecule has 1 heterocycles. The molecule has 1 saturated heterocycles. The lowest BCUT2D eigenvalue weighted by molar-refractivity contribution is -0.133. The highest BCUT2D eigenvalue weighted by molar-refractivity contribution is 7.89. The summed E-state index contributed by atoms with van der Waals surface area (Å²) in [6.45, 7) is 3.34. The van der Waals surface area contributed by atoms with E-state index in [1.807, 2.05) is 35.2 Å². The Morgan fingerprint density at radius 3 is 2.24 bits per heavy atom. The number of carbonyl (C=O) groups excluding carboxylic acids is 1. The SMILES string of the molecule is C[C@@H](NS(=O)(=O)c1ccc(OCC(=O)N2CCCCCC2)cc1)c1ccccc1. The number of nitrogens with zero attached hydrogens (tertiary/aromatic N) is 1. The zero-order chi connectivity index (χ0) is 20.7. The second-order valence-corrected chi connectivity index (χ2v) is 9.02. The van der Waals surface area contributed by atoms with Crippen LogP contribution in [0.1, 0.15) is 44.2 Å². The molecule has 7 heteroatoms. The maximum absolute atomic E-state index is 12.6. The summed E-state index contributed by atoms with van der Waals surface area (Å²) in [4.78, 5) is 14.3. The van der Waals surface area contributed by atoms with Gasteiger partial charge in [-0.3, -0.25) is 4.79 Å². The second-order valence-electron chi connectivity index (χ2n) is 7.31. The van der Waals surface area contributed by atoms with Crippen molar-refractivity contribution in [2.24, 2.45) is 0 Å². The average molecular weight is 417 g/mol. The van der Waals surface area contributed by atoms with Gasteiger partial charge in [-0.05, 0) is 49.6 Å². The quantitative estimate of drug-likeness (QED) is 0.749. The van der Waals surface area contributed by atoms with E-state index in [1.165, 1.54) is 12.1 Å². The Kier molecular flexibility index (Phi) is 7.28. The lowest BCUT2D eigenvalue weighted by Gasteiger charge is -2.20. The molecule has 0 unspecified atom stereocenters. The number of benzene rings is 2. The van der Waals surface area contributed by atoms with Crippen LogP contribution >= 0.6 is 0 Å². The average Bonchev–Trinajstić information content (AvgIpc) is 3.02. The van der Waals surface area contributed by atoms with Crippen molar-refractivity contribution >= 4 is 15.9 Å². The Balaban J connectivity index is 1.56. The minimum absolute atomic E-state index is 0.0260. The minimum Gasteiger partial charge on any atom is -0.484 e. The van der Waals surface area contributed by atoms with Crippen molar-refractivity contribution in [3.05, 3.63) is 60.2 Å². The number of nitrogens with one attached hydrogen (secondary N) is 1. The van der Waals surface area contributed by atoms with Crippen LogP contribution in [0.4, 0.5) is 0 Å². The first-order valence-electron chi connectivity index (χ1n) is 10.0. The van der Waals surface area contributed by atoms with Crippen molar-refractivity contribution in [2.45, 2.75) is 43.5 Å². The van der Waals surface area contributed by atoms with Gasteiger partial charge < -0.3 is 9.64 Å². The summed E-state index contributed by atoms with van der Waals surface area (Å²) in [6, 6.07) is 15.2. The van der Waals surface area contributed by atoms with Crippen LogP contribution in [-0.4, -0.2) is 38.9 Å². The first-order valence-corrected chi connectivity index (χ1v) is 11.5. The molecule has 0 aromatic heterocycles. The number of carbonyl (C=O) groups is 1. The highest BCUT2D eigenvalue weighted by Gasteiger charge is 2.19. The molecule has 0 radical (unpaired) electrons. The molecule has 0 saturated carbocycles. The predicted octanol–water partition coefficient (Wildman–Crippen LogP) is 3.51. The van der Waals surface area contributed by atoms with Crippen LogP contribution < -0.4 is 9.46 Å². The standard InChI is InChI=1S/C22H28N2O4S/c1-18(19-9-5-4-6-10-19)23-29(26,27)21-13-11-20(12-14-21)28-17-22(25)24-15-7-2-3-8-16-24/h4-6,9-14,18,23H,2-3,7-8,15-17H2,1H3/t18-/m1/s1. The van der Waals surface area contributed by atoms with Crippen LogP contribution in [0, 0.1) is 0 Å². The summed E-state index contributed by atoms with van der Waals surface area (Å²) >= 11 is 0. The Hall–Kier alpha value is -2.38. The van der Waals surface area contributed by atoms with E-state index in [1.54, 1.807) is 19.1 Å². The van der Waals surface area contributed by atoms with E-state index in [0.29, 0.717) is 5.75 Å². The van der Waals surface area contributed by atoms with Crippen molar-refractivity contribution in [3.63, 3.8) is 0 Å². The molecule has 6 nitrogen and oxygen atoms in total. The maximum atomic E-state index is 12.6. The number of rotatable bonds is 7. The molecule has 1 N–H and O–H groups in total. The molecule has 1 amide bonds. The summed E-state index contributed by atoms with van der Waals surface area (Å²) in [5.74, 6) is 0.449. The largest absolute Gasteiger partial charge is 0.484 e. The van der Waals surface area contributed by atoms with Gasteiger partial charge in [0.1, 0.15) is 5.75 Å². The van der Waals surface area contributed by atoms with Crippen molar-refractivity contribution in [1.29, 1.82) is 0 Å². The van der Waals surface area contributed by atoms with Crippen LogP contribution in [0.15, 0.2) is 59.5 Å². The Bertz CT molecular complexity index is 890. The molecule has 0 aliphatic carbocycles. The number of amides is 1. The van der Waals surface area contributed by atoms with Gasteiger partial charge in [0.05, 0.1) is 4.90 Å². The fourth-order valence-corrected chi connectivity index (χ4v) is 4.61. The summed E-state index contributed by atoms with van der Waals surface area (Å²) in [6.07, 6.45) is 4.40. The molecular formula is C22H28N2O4S. The number of likely N-dealkylation sites (tertiary alicyclic amines) is 1. The third-order valence-electron chi connectivity index (χ3n) is 5.09. The molecule has 1 fully saturated rings. The van der Waals surface area contributed by atoms with E-state index in [9.17, 15) is 13.2 Å². The molecule has 1 aliphatic rings.